The maximum atomic E-state index is 13.0. The second kappa shape index (κ2) is 6.54. The van der Waals surface area contributed by atoms with Crippen LogP contribution in [0, 0.1) is 0 Å². The normalized spacial score (nSPS) is 23.8. The molecule has 0 unspecified atom stereocenters. The van der Waals surface area contributed by atoms with Crippen LogP contribution in [-0.2, 0) is 26.0 Å². The molecule has 0 aliphatic carbocycles. The number of carbonyl (C=O) groups is 1. The number of nitrogens with zero attached hydrogens (tertiary/aromatic N) is 1. The van der Waals surface area contributed by atoms with E-state index in [0.29, 0.717) is 31.6 Å². The van der Waals surface area contributed by atoms with Crippen LogP contribution in [0.5, 0.6) is 5.75 Å². The highest BCUT2D eigenvalue weighted by molar-refractivity contribution is 7.89. The smallest absolute Gasteiger partial charge is 0.324 e. The Morgan fingerprint density at radius 3 is 2.92 bits per heavy atom. The Balaban J connectivity index is 1.95. The molecule has 0 spiro atoms. The van der Waals surface area contributed by atoms with Gasteiger partial charge in [-0.3, -0.25) is 4.79 Å². The minimum Gasteiger partial charge on any atom is -0.489 e. The molecular weight excluding hydrogens is 354 g/mol. The monoisotopic (exact) mass is 373 g/mol. The lowest BCUT2D eigenvalue weighted by Gasteiger charge is -2.23. The summed E-state index contributed by atoms with van der Waals surface area (Å²) in [5.74, 6) is 0.0502. The number of benzene rings is 1. The highest BCUT2D eigenvalue weighted by Gasteiger charge is 2.41. The third-order valence-corrected chi connectivity index (χ3v) is 6.46. The molecule has 1 saturated heterocycles. The Kier molecular flexibility index (Phi) is 4.77. The van der Waals surface area contributed by atoms with E-state index in [1.807, 2.05) is 6.92 Å². The van der Waals surface area contributed by atoms with E-state index in [9.17, 15) is 13.2 Å². The predicted octanol–water partition coefficient (Wildman–Crippen LogP) is 2.38. The molecule has 0 saturated carbocycles. The lowest BCUT2D eigenvalue weighted by Crippen LogP contribution is -2.41. The zero-order valence-electron chi connectivity index (χ0n) is 13.6. The number of fused-ring (bicyclic) bond motifs is 1. The Labute approximate surface area is 146 Å². The number of carbonyl (C=O) groups excluding carboxylic acids is 1. The summed E-state index contributed by atoms with van der Waals surface area (Å²) in [5.41, 5.74) is 0.778. The number of esters is 1. The fraction of sp³-hybridized carbons (Fsp3) is 0.562. The van der Waals surface area contributed by atoms with Crippen LogP contribution in [0.2, 0.25) is 5.02 Å². The summed E-state index contributed by atoms with van der Waals surface area (Å²) in [5, 5.41) is 0.280. The van der Waals surface area contributed by atoms with Crippen molar-refractivity contribution in [3.8, 4) is 5.75 Å². The van der Waals surface area contributed by atoms with Gasteiger partial charge >= 0.3 is 5.97 Å². The van der Waals surface area contributed by atoms with Crippen molar-refractivity contribution in [1.82, 2.24) is 4.31 Å². The Hall–Kier alpha value is -1.31. The topological polar surface area (TPSA) is 72.9 Å². The van der Waals surface area contributed by atoms with Crippen LogP contribution in [0.15, 0.2) is 17.0 Å². The van der Waals surface area contributed by atoms with Crippen molar-refractivity contribution in [1.29, 1.82) is 0 Å². The van der Waals surface area contributed by atoms with Crippen LogP contribution >= 0.6 is 11.6 Å². The molecule has 6 nitrogen and oxygen atoms in total. The van der Waals surface area contributed by atoms with Gasteiger partial charge in [0, 0.05) is 18.5 Å². The molecule has 24 heavy (non-hydrogen) atoms. The molecule has 2 atom stereocenters. The Bertz CT molecular complexity index is 764. The molecule has 1 aromatic rings. The fourth-order valence-electron chi connectivity index (χ4n) is 3.25. The van der Waals surface area contributed by atoms with Gasteiger partial charge in [0.15, 0.2) is 0 Å². The third kappa shape index (κ3) is 3.00. The summed E-state index contributed by atoms with van der Waals surface area (Å²) < 4.78 is 37.9. The van der Waals surface area contributed by atoms with Gasteiger partial charge in [0.1, 0.15) is 17.9 Å². The predicted molar refractivity (Wildman–Crippen MR) is 88.8 cm³/mol. The van der Waals surface area contributed by atoms with Gasteiger partial charge < -0.3 is 9.47 Å². The lowest BCUT2D eigenvalue weighted by molar-refractivity contribution is -0.146. The van der Waals surface area contributed by atoms with Gasteiger partial charge in [-0.1, -0.05) is 11.6 Å². The van der Waals surface area contributed by atoms with E-state index >= 15 is 0 Å². The van der Waals surface area contributed by atoms with Crippen molar-refractivity contribution in [3.05, 3.63) is 22.7 Å². The van der Waals surface area contributed by atoms with E-state index in [-0.39, 0.29) is 22.6 Å². The van der Waals surface area contributed by atoms with Crippen LogP contribution in [0.4, 0.5) is 0 Å². The van der Waals surface area contributed by atoms with Crippen molar-refractivity contribution in [2.24, 2.45) is 0 Å². The average Bonchev–Trinajstić information content (AvgIpc) is 3.13. The van der Waals surface area contributed by atoms with Crippen LogP contribution < -0.4 is 4.74 Å². The van der Waals surface area contributed by atoms with E-state index in [1.54, 1.807) is 13.0 Å². The van der Waals surface area contributed by atoms with E-state index in [2.05, 4.69) is 0 Å². The summed E-state index contributed by atoms with van der Waals surface area (Å²) in [7, 11) is -3.82. The van der Waals surface area contributed by atoms with Crippen molar-refractivity contribution in [3.63, 3.8) is 0 Å². The molecule has 0 radical (unpaired) electrons. The molecule has 0 bridgehead atoms. The Morgan fingerprint density at radius 2 is 2.21 bits per heavy atom. The standard InChI is InChI=1S/C16H20ClNO5S/c1-3-22-16(19)14-5-4-6-18(14)24(20,21)12-8-11-7-10(2)23-15(11)13(17)9-12/h8-10,14H,3-7H2,1-2H3/t10-,14+/m0/s1. The number of rotatable bonds is 4. The number of hydrogen-bond acceptors (Lipinski definition) is 5. The van der Waals surface area contributed by atoms with Crippen molar-refractivity contribution >= 4 is 27.6 Å². The molecule has 0 amide bonds. The molecule has 2 aliphatic rings. The summed E-state index contributed by atoms with van der Waals surface area (Å²) >= 11 is 6.20. The summed E-state index contributed by atoms with van der Waals surface area (Å²) in [4.78, 5) is 12.2. The maximum Gasteiger partial charge on any atom is 0.324 e. The van der Waals surface area contributed by atoms with Crippen molar-refractivity contribution < 1.29 is 22.7 Å². The van der Waals surface area contributed by atoms with E-state index in [0.717, 1.165) is 5.56 Å². The van der Waals surface area contributed by atoms with Gasteiger partial charge in [-0.25, -0.2) is 8.42 Å². The lowest BCUT2D eigenvalue weighted by atomic mass is 10.1. The second-order valence-corrected chi connectivity index (χ2v) is 8.35. The molecule has 0 aromatic heterocycles. The first kappa shape index (κ1) is 17.5. The number of sulfonamides is 1. The highest BCUT2D eigenvalue weighted by Crippen LogP contribution is 2.39. The fourth-order valence-corrected chi connectivity index (χ4v) is 5.32. The molecule has 132 valence electrons. The first-order chi connectivity index (χ1) is 11.3. The molecule has 1 fully saturated rings. The minimum atomic E-state index is -3.82. The summed E-state index contributed by atoms with van der Waals surface area (Å²) in [6.45, 7) is 4.13. The molecule has 2 heterocycles. The number of hydrogen-bond donors (Lipinski definition) is 0. The van der Waals surface area contributed by atoms with Gasteiger partial charge in [-0.05, 0) is 38.8 Å². The highest BCUT2D eigenvalue weighted by atomic mass is 35.5. The van der Waals surface area contributed by atoms with Gasteiger partial charge in [0.25, 0.3) is 0 Å². The zero-order chi connectivity index (χ0) is 17.5. The van der Waals surface area contributed by atoms with Crippen LogP contribution in [0.1, 0.15) is 32.3 Å². The van der Waals surface area contributed by atoms with Gasteiger partial charge in [0.05, 0.1) is 16.5 Å². The van der Waals surface area contributed by atoms with E-state index < -0.39 is 22.0 Å². The molecule has 8 heteroatoms. The molecule has 0 N–H and O–H groups in total. The van der Waals surface area contributed by atoms with Crippen molar-refractivity contribution in [2.75, 3.05) is 13.2 Å². The molecule has 1 aromatic carbocycles. The quantitative estimate of drug-likeness (QED) is 0.757. The summed E-state index contributed by atoms with van der Waals surface area (Å²) in [6, 6.07) is 2.23. The number of ether oxygens (including phenoxy) is 2. The van der Waals surface area contributed by atoms with E-state index in [4.69, 9.17) is 21.1 Å². The summed E-state index contributed by atoms with van der Waals surface area (Å²) in [6.07, 6.45) is 1.67. The third-order valence-electron chi connectivity index (χ3n) is 4.29. The van der Waals surface area contributed by atoms with Gasteiger partial charge in [-0.2, -0.15) is 4.31 Å². The maximum absolute atomic E-state index is 13.0. The zero-order valence-corrected chi connectivity index (χ0v) is 15.2. The van der Waals surface area contributed by atoms with Crippen LogP contribution in [-0.4, -0.2) is 44.0 Å². The molecule has 3 rings (SSSR count). The second-order valence-electron chi connectivity index (χ2n) is 6.05. The average molecular weight is 374 g/mol. The van der Waals surface area contributed by atoms with Crippen molar-refractivity contribution in [2.45, 2.75) is 50.2 Å². The van der Waals surface area contributed by atoms with E-state index in [1.165, 1.54) is 10.4 Å². The Morgan fingerprint density at radius 1 is 1.46 bits per heavy atom. The number of halogens is 1. The van der Waals surface area contributed by atoms with Gasteiger partial charge in [-0.15, -0.1) is 0 Å². The molecule has 2 aliphatic heterocycles. The first-order valence-electron chi connectivity index (χ1n) is 8.02. The minimum absolute atomic E-state index is 0.0329. The van der Waals surface area contributed by atoms with Gasteiger partial charge in [0.2, 0.25) is 10.0 Å². The largest absolute Gasteiger partial charge is 0.489 e. The SMILES string of the molecule is CCOC(=O)[C@H]1CCCN1S(=O)(=O)c1cc(Cl)c2c(c1)C[C@H](C)O2. The molecular formula is C16H20ClNO5S. The van der Waals surface area contributed by atoms with Crippen LogP contribution in [0.25, 0.3) is 0 Å². The van der Waals surface area contributed by atoms with Crippen LogP contribution in [0.3, 0.4) is 0 Å². The first-order valence-corrected chi connectivity index (χ1v) is 9.84.